The Balaban J connectivity index is 1.48. The summed E-state index contributed by atoms with van der Waals surface area (Å²) >= 11 is 0. The first-order valence-corrected chi connectivity index (χ1v) is 9.88. The van der Waals surface area contributed by atoms with Crippen LogP contribution in [0.5, 0.6) is 0 Å². The van der Waals surface area contributed by atoms with Crippen molar-refractivity contribution in [2.24, 2.45) is 0 Å². The number of benzene rings is 2. The summed E-state index contributed by atoms with van der Waals surface area (Å²) < 4.78 is 5.19. The van der Waals surface area contributed by atoms with Crippen LogP contribution in [-0.2, 0) is 16.1 Å². The molecular weight excluding hydrogens is 396 g/mol. The maximum Gasteiger partial charge on any atom is 0.251 e. The Bertz CT molecular complexity index is 1030. The summed E-state index contributed by atoms with van der Waals surface area (Å²) in [4.78, 5) is 36.0. The summed E-state index contributed by atoms with van der Waals surface area (Å²) in [5, 5.41) is 11.3. The number of amides is 3. The van der Waals surface area contributed by atoms with E-state index in [0.29, 0.717) is 29.1 Å². The number of furan rings is 1. The number of rotatable bonds is 9. The molecule has 3 rings (SSSR count). The zero-order chi connectivity index (χ0) is 22.1. The zero-order valence-electron chi connectivity index (χ0n) is 17.1. The lowest BCUT2D eigenvalue weighted by Crippen LogP contribution is -2.24. The molecule has 0 aliphatic carbocycles. The second-order valence-electron chi connectivity index (χ2n) is 6.72. The van der Waals surface area contributed by atoms with E-state index in [4.69, 9.17) is 4.42 Å². The first-order chi connectivity index (χ1) is 15.0. The third kappa shape index (κ3) is 6.74. The van der Waals surface area contributed by atoms with E-state index in [9.17, 15) is 14.4 Å². The van der Waals surface area contributed by atoms with Crippen LogP contribution in [0, 0.1) is 0 Å². The quantitative estimate of drug-likeness (QED) is 0.422. The molecule has 0 unspecified atom stereocenters. The van der Waals surface area contributed by atoms with E-state index in [1.165, 1.54) is 0 Å². The highest BCUT2D eigenvalue weighted by atomic mass is 16.3. The van der Waals surface area contributed by atoms with Crippen LogP contribution in [0.4, 0.5) is 17.1 Å². The molecule has 160 valence electrons. The van der Waals surface area contributed by atoms with Crippen molar-refractivity contribution in [2.75, 3.05) is 22.5 Å². The Morgan fingerprint density at radius 3 is 2.29 bits per heavy atom. The van der Waals surface area contributed by atoms with Crippen LogP contribution < -0.4 is 21.3 Å². The molecule has 0 saturated carbocycles. The highest BCUT2D eigenvalue weighted by Gasteiger charge is 2.09. The topological polar surface area (TPSA) is 112 Å². The standard InChI is InChI=1S/C23H24N4O4/c1-2-21(28)26-18-10-8-17(9-11-18)24-15-22(29)27-19-6-3-5-16(13-19)23(30)25-14-20-7-4-12-31-20/h3-13,24H,2,14-15H2,1H3,(H,25,30)(H,26,28)(H,27,29). The normalized spacial score (nSPS) is 10.2. The fourth-order valence-electron chi connectivity index (χ4n) is 2.73. The molecule has 1 aromatic heterocycles. The first kappa shape index (κ1) is 21.6. The van der Waals surface area contributed by atoms with Crippen molar-refractivity contribution in [2.45, 2.75) is 19.9 Å². The van der Waals surface area contributed by atoms with Crippen LogP contribution in [0.3, 0.4) is 0 Å². The van der Waals surface area contributed by atoms with E-state index >= 15 is 0 Å². The van der Waals surface area contributed by atoms with Gasteiger partial charge in [0.1, 0.15) is 5.76 Å². The largest absolute Gasteiger partial charge is 0.467 e. The van der Waals surface area contributed by atoms with Crippen LogP contribution in [0.2, 0.25) is 0 Å². The summed E-state index contributed by atoms with van der Waals surface area (Å²) in [6.07, 6.45) is 1.96. The molecule has 0 bridgehead atoms. The van der Waals surface area contributed by atoms with Gasteiger partial charge in [-0.1, -0.05) is 13.0 Å². The minimum absolute atomic E-state index is 0.0512. The van der Waals surface area contributed by atoms with Gasteiger partial charge in [0.05, 0.1) is 19.4 Å². The number of hydrogen-bond donors (Lipinski definition) is 4. The van der Waals surface area contributed by atoms with Gasteiger partial charge in [0.25, 0.3) is 5.91 Å². The van der Waals surface area contributed by atoms with Gasteiger partial charge in [0.2, 0.25) is 11.8 Å². The number of carbonyl (C=O) groups is 3. The van der Waals surface area contributed by atoms with Crippen LogP contribution in [0.1, 0.15) is 29.5 Å². The van der Waals surface area contributed by atoms with Gasteiger partial charge < -0.3 is 25.7 Å². The van der Waals surface area contributed by atoms with Crippen LogP contribution in [0.15, 0.2) is 71.3 Å². The van der Waals surface area contributed by atoms with Gasteiger partial charge in [-0.15, -0.1) is 0 Å². The predicted molar refractivity (Wildman–Crippen MR) is 119 cm³/mol. The molecule has 0 aliphatic heterocycles. The van der Waals surface area contributed by atoms with E-state index in [0.717, 1.165) is 5.69 Å². The summed E-state index contributed by atoms with van der Waals surface area (Å²) in [6.45, 7) is 2.12. The highest BCUT2D eigenvalue weighted by molar-refractivity contribution is 5.98. The highest BCUT2D eigenvalue weighted by Crippen LogP contribution is 2.14. The minimum atomic E-state index is -0.263. The Morgan fingerprint density at radius 1 is 0.839 bits per heavy atom. The van der Waals surface area contributed by atoms with E-state index in [-0.39, 0.29) is 30.8 Å². The minimum Gasteiger partial charge on any atom is -0.467 e. The van der Waals surface area contributed by atoms with Gasteiger partial charge in [0, 0.05) is 29.0 Å². The van der Waals surface area contributed by atoms with Crippen molar-refractivity contribution in [1.29, 1.82) is 0 Å². The molecule has 4 N–H and O–H groups in total. The second-order valence-corrected chi connectivity index (χ2v) is 6.72. The lowest BCUT2D eigenvalue weighted by Gasteiger charge is -2.10. The second kappa shape index (κ2) is 10.6. The zero-order valence-corrected chi connectivity index (χ0v) is 17.1. The maximum atomic E-state index is 12.3. The van der Waals surface area contributed by atoms with E-state index in [2.05, 4.69) is 21.3 Å². The fourth-order valence-corrected chi connectivity index (χ4v) is 2.73. The lowest BCUT2D eigenvalue weighted by atomic mass is 10.2. The summed E-state index contributed by atoms with van der Waals surface area (Å²) in [7, 11) is 0. The van der Waals surface area contributed by atoms with E-state index in [1.807, 2.05) is 0 Å². The van der Waals surface area contributed by atoms with Gasteiger partial charge in [-0.2, -0.15) is 0 Å². The molecule has 3 aromatic rings. The molecule has 0 radical (unpaired) electrons. The van der Waals surface area contributed by atoms with Crippen molar-refractivity contribution < 1.29 is 18.8 Å². The Morgan fingerprint density at radius 2 is 1.58 bits per heavy atom. The molecule has 3 amide bonds. The number of anilines is 3. The number of hydrogen-bond acceptors (Lipinski definition) is 5. The molecule has 0 fully saturated rings. The summed E-state index contributed by atoms with van der Waals surface area (Å²) in [5.41, 5.74) is 2.40. The van der Waals surface area contributed by atoms with Crippen molar-refractivity contribution in [3.05, 3.63) is 78.3 Å². The van der Waals surface area contributed by atoms with E-state index < -0.39 is 0 Å². The average molecular weight is 420 g/mol. The molecule has 1 heterocycles. The Labute approximate surface area is 180 Å². The maximum absolute atomic E-state index is 12.3. The predicted octanol–water partition coefficient (Wildman–Crippen LogP) is 3.61. The molecule has 31 heavy (non-hydrogen) atoms. The van der Waals surface area contributed by atoms with Crippen molar-refractivity contribution in [3.8, 4) is 0 Å². The number of nitrogens with one attached hydrogen (secondary N) is 4. The van der Waals surface area contributed by atoms with Crippen molar-refractivity contribution in [3.63, 3.8) is 0 Å². The fraction of sp³-hybridized carbons (Fsp3) is 0.174. The molecule has 2 aromatic carbocycles. The van der Waals surface area contributed by atoms with Crippen molar-refractivity contribution >= 4 is 34.8 Å². The van der Waals surface area contributed by atoms with Crippen LogP contribution >= 0.6 is 0 Å². The first-order valence-electron chi connectivity index (χ1n) is 9.88. The summed E-state index contributed by atoms with van der Waals surface area (Å²) in [5.74, 6) is 0.0824. The van der Waals surface area contributed by atoms with Gasteiger partial charge in [-0.3, -0.25) is 14.4 Å². The van der Waals surface area contributed by atoms with Gasteiger partial charge in [-0.25, -0.2) is 0 Å². The molecule has 8 nitrogen and oxygen atoms in total. The molecule has 0 atom stereocenters. The molecule has 0 aliphatic rings. The molecule has 8 heteroatoms. The molecule has 0 saturated heterocycles. The molecule has 0 spiro atoms. The van der Waals surface area contributed by atoms with Gasteiger partial charge >= 0.3 is 0 Å². The smallest absolute Gasteiger partial charge is 0.251 e. The third-order valence-electron chi connectivity index (χ3n) is 4.35. The SMILES string of the molecule is CCC(=O)Nc1ccc(NCC(=O)Nc2cccc(C(=O)NCc3ccco3)c2)cc1. The van der Waals surface area contributed by atoms with Gasteiger partial charge in [-0.05, 0) is 54.6 Å². The van der Waals surface area contributed by atoms with Crippen molar-refractivity contribution in [1.82, 2.24) is 5.32 Å². The monoisotopic (exact) mass is 420 g/mol. The summed E-state index contributed by atoms with van der Waals surface area (Å²) in [6, 6.07) is 17.3. The lowest BCUT2D eigenvalue weighted by molar-refractivity contribution is -0.116. The Kier molecular flexibility index (Phi) is 7.42. The van der Waals surface area contributed by atoms with Crippen LogP contribution in [0.25, 0.3) is 0 Å². The van der Waals surface area contributed by atoms with Crippen LogP contribution in [-0.4, -0.2) is 24.3 Å². The Hall–Kier alpha value is -4.07. The van der Waals surface area contributed by atoms with Gasteiger partial charge in [0.15, 0.2) is 0 Å². The van der Waals surface area contributed by atoms with E-state index in [1.54, 1.807) is 73.9 Å². The average Bonchev–Trinajstić information content (AvgIpc) is 3.31. The number of carbonyl (C=O) groups excluding carboxylic acids is 3. The third-order valence-corrected chi connectivity index (χ3v) is 4.35. The molecular formula is C23H24N4O4.